The van der Waals surface area contributed by atoms with Crippen molar-refractivity contribution in [1.82, 2.24) is 4.90 Å². The van der Waals surface area contributed by atoms with Crippen LogP contribution in [0.25, 0.3) is 0 Å². The second-order valence-corrected chi connectivity index (χ2v) is 6.14. The minimum absolute atomic E-state index is 0.109. The Bertz CT molecular complexity index is 475. The summed E-state index contributed by atoms with van der Waals surface area (Å²) in [6, 6.07) is 1.73. The van der Waals surface area contributed by atoms with Crippen molar-refractivity contribution < 1.29 is 10.0 Å². The van der Waals surface area contributed by atoms with Crippen LogP contribution in [0, 0.1) is 10.1 Å². The molecular weight excluding hydrogens is 266 g/mol. The van der Waals surface area contributed by atoms with Gasteiger partial charge >= 0.3 is 5.69 Å². The van der Waals surface area contributed by atoms with Gasteiger partial charge in [0, 0.05) is 36.6 Å². The van der Waals surface area contributed by atoms with E-state index in [-0.39, 0.29) is 16.7 Å². The Morgan fingerprint density at radius 1 is 1.58 bits per heavy atom. The molecule has 7 heteroatoms. The Kier molecular flexibility index (Phi) is 4.07. The molecule has 19 heavy (non-hydrogen) atoms. The lowest BCUT2D eigenvalue weighted by atomic mass is 10.2. The monoisotopic (exact) mass is 285 g/mol. The molecule has 1 aromatic heterocycles. The molecule has 1 aliphatic heterocycles. The first kappa shape index (κ1) is 14.2. The van der Waals surface area contributed by atoms with Gasteiger partial charge in [-0.2, -0.15) is 0 Å². The first-order valence-electron chi connectivity index (χ1n) is 6.31. The summed E-state index contributed by atoms with van der Waals surface area (Å²) in [4.78, 5) is 15.7. The molecule has 0 amide bonds. The van der Waals surface area contributed by atoms with Gasteiger partial charge in [0.25, 0.3) is 0 Å². The number of nitro groups is 1. The molecule has 0 aliphatic carbocycles. The van der Waals surface area contributed by atoms with E-state index in [1.54, 1.807) is 6.92 Å². The highest BCUT2D eigenvalue weighted by Crippen LogP contribution is 2.41. The summed E-state index contributed by atoms with van der Waals surface area (Å²) in [7, 11) is 2.05. The van der Waals surface area contributed by atoms with Gasteiger partial charge < -0.3 is 14.9 Å². The van der Waals surface area contributed by atoms with E-state index in [1.807, 2.05) is 0 Å². The van der Waals surface area contributed by atoms with E-state index in [0.717, 1.165) is 19.6 Å². The maximum Gasteiger partial charge on any atom is 0.304 e. The summed E-state index contributed by atoms with van der Waals surface area (Å²) in [6.07, 6.45) is -0.666. The second kappa shape index (κ2) is 5.44. The first-order valence-corrected chi connectivity index (χ1v) is 7.13. The van der Waals surface area contributed by atoms with Gasteiger partial charge in [-0.05, 0) is 20.9 Å². The number of likely N-dealkylation sites (N-methyl/N-ethyl adjacent to an activating group) is 1. The number of thiophene rings is 1. The predicted octanol–water partition coefficient (Wildman–Crippen LogP) is 1.85. The number of hydrogen-bond acceptors (Lipinski definition) is 6. The molecule has 1 fully saturated rings. The van der Waals surface area contributed by atoms with Crippen LogP contribution in [0.15, 0.2) is 6.07 Å². The number of nitrogens with zero attached hydrogens (tertiary/aromatic N) is 3. The summed E-state index contributed by atoms with van der Waals surface area (Å²) in [5.74, 6) is 0. The van der Waals surface area contributed by atoms with Crippen molar-refractivity contribution in [1.29, 1.82) is 0 Å². The van der Waals surface area contributed by atoms with Gasteiger partial charge in [0.2, 0.25) is 0 Å². The molecular formula is C12H19N3O3S. The van der Waals surface area contributed by atoms with E-state index in [1.165, 1.54) is 17.4 Å². The van der Waals surface area contributed by atoms with Crippen LogP contribution < -0.4 is 4.90 Å². The topological polar surface area (TPSA) is 69.8 Å². The van der Waals surface area contributed by atoms with Crippen LogP contribution in [0.1, 0.15) is 24.8 Å². The maximum absolute atomic E-state index is 11.2. The fraction of sp³-hybridized carbons (Fsp3) is 0.667. The normalized spacial score (nSPS) is 22.5. The van der Waals surface area contributed by atoms with Crippen molar-refractivity contribution in [2.24, 2.45) is 0 Å². The van der Waals surface area contributed by atoms with E-state index >= 15 is 0 Å². The largest absolute Gasteiger partial charge is 0.388 e. The quantitative estimate of drug-likeness (QED) is 0.678. The van der Waals surface area contributed by atoms with Crippen LogP contribution in [0.3, 0.4) is 0 Å². The van der Waals surface area contributed by atoms with Crippen LogP contribution in [0.5, 0.6) is 0 Å². The zero-order chi connectivity index (χ0) is 14.2. The van der Waals surface area contributed by atoms with Crippen molar-refractivity contribution in [3.05, 3.63) is 21.1 Å². The van der Waals surface area contributed by atoms with Crippen molar-refractivity contribution in [3.63, 3.8) is 0 Å². The molecule has 1 aliphatic rings. The van der Waals surface area contributed by atoms with Gasteiger partial charge in [-0.15, -0.1) is 11.3 Å². The molecule has 106 valence electrons. The number of anilines is 1. The summed E-state index contributed by atoms with van der Waals surface area (Å²) < 4.78 is 0. The smallest absolute Gasteiger partial charge is 0.304 e. The lowest BCUT2D eigenvalue weighted by Gasteiger charge is -2.38. The number of piperazine rings is 1. The number of rotatable bonds is 3. The standard InChI is InChI=1S/C12H19N3O3S/c1-8-7-13(3)4-5-14(8)12-10(15(17)18)6-11(19-12)9(2)16/h6,8-9,16H,4-5,7H2,1-3H3/t8?,9-/m0/s1. The molecule has 2 atom stereocenters. The van der Waals surface area contributed by atoms with Gasteiger partial charge in [0.15, 0.2) is 5.00 Å². The average molecular weight is 285 g/mol. The van der Waals surface area contributed by atoms with E-state index < -0.39 is 6.10 Å². The van der Waals surface area contributed by atoms with Crippen molar-refractivity contribution >= 4 is 22.0 Å². The summed E-state index contributed by atoms with van der Waals surface area (Å²) >= 11 is 1.32. The highest BCUT2D eigenvalue weighted by atomic mass is 32.1. The van der Waals surface area contributed by atoms with Gasteiger partial charge in [0.05, 0.1) is 11.0 Å². The van der Waals surface area contributed by atoms with Gasteiger partial charge in [-0.1, -0.05) is 0 Å². The Morgan fingerprint density at radius 3 is 2.79 bits per heavy atom. The van der Waals surface area contributed by atoms with E-state index in [4.69, 9.17) is 0 Å². The lowest BCUT2D eigenvalue weighted by Crippen LogP contribution is -2.50. The number of aliphatic hydroxyl groups excluding tert-OH is 1. The van der Waals surface area contributed by atoms with Crippen LogP contribution in [0.2, 0.25) is 0 Å². The van der Waals surface area contributed by atoms with Gasteiger partial charge in [-0.3, -0.25) is 10.1 Å². The fourth-order valence-corrected chi connectivity index (χ4v) is 3.56. The minimum Gasteiger partial charge on any atom is -0.388 e. The molecule has 0 saturated carbocycles. The molecule has 0 aromatic carbocycles. The third-order valence-electron chi connectivity index (χ3n) is 3.41. The zero-order valence-corrected chi connectivity index (χ0v) is 12.2. The van der Waals surface area contributed by atoms with Crippen LogP contribution in [-0.4, -0.2) is 47.7 Å². The van der Waals surface area contributed by atoms with E-state index in [9.17, 15) is 15.2 Å². The second-order valence-electron chi connectivity index (χ2n) is 5.08. The SMILES string of the molecule is CC1CN(C)CCN1c1sc([C@H](C)O)cc1[N+](=O)[O-]. The molecule has 0 radical (unpaired) electrons. The van der Waals surface area contributed by atoms with E-state index in [0.29, 0.717) is 9.88 Å². The van der Waals surface area contributed by atoms with Gasteiger partial charge in [0.1, 0.15) is 0 Å². The fourth-order valence-electron chi connectivity index (χ4n) is 2.37. The first-order chi connectivity index (χ1) is 8.90. The van der Waals surface area contributed by atoms with E-state index in [2.05, 4.69) is 23.8 Å². The third-order valence-corrected chi connectivity index (χ3v) is 4.74. The highest BCUT2D eigenvalue weighted by Gasteiger charge is 2.30. The third kappa shape index (κ3) is 2.88. The van der Waals surface area contributed by atoms with Crippen molar-refractivity contribution in [2.75, 3.05) is 31.6 Å². The molecule has 0 bridgehead atoms. The number of aliphatic hydroxyl groups is 1. The zero-order valence-electron chi connectivity index (χ0n) is 11.4. The molecule has 6 nitrogen and oxygen atoms in total. The Morgan fingerprint density at radius 2 is 2.26 bits per heavy atom. The number of hydrogen-bond donors (Lipinski definition) is 1. The van der Waals surface area contributed by atoms with Crippen molar-refractivity contribution in [2.45, 2.75) is 26.0 Å². The molecule has 1 unspecified atom stereocenters. The Hall–Kier alpha value is -1.18. The van der Waals surface area contributed by atoms with Crippen LogP contribution in [-0.2, 0) is 0 Å². The predicted molar refractivity (Wildman–Crippen MR) is 75.9 cm³/mol. The Labute approximate surface area is 116 Å². The summed E-state index contributed by atoms with van der Waals surface area (Å²) in [5, 5.41) is 21.4. The summed E-state index contributed by atoms with van der Waals surface area (Å²) in [5.41, 5.74) is 0.109. The summed E-state index contributed by atoms with van der Waals surface area (Å²) in [6.45, 7) is 6.26. The van der Waals surface area contributed by atoms with Gasteiger partial charge in [-0.25, -0.2) is 0 Å². The minimum atomic E-state index is -0.666. The lowest BCUT2D eigenvalue weighted by molar-refractivity contribution is -0.383. The molecule has 0 spiro atoms. The molecule has 2 heterocycles. The molecule has 1 N–H and O–H groups in total. The maximum atomic E-state index is 11.2. The molecule has 1 aromatic rings. The average Bonchev–Trinajstić information content (AvgIpc) is 2.73. The highest BCUT2D eigenvalue weighted by molar-refractivity contribution is 7.16. The molecule has 2 rings (SSSR count). The molecule has 1 saturated heterocycles. The van der Waals surface area contributed by atoms with Crippen molar-refractivity contribution in [3.8, 4) is 0 Å². The van der Waals surface area contributed by atoms with Crippen LogP contribution >= 0.6 is 11.3 Å². The van der Waals surface area contributed by atoms with Crippen LogP contribution in [0.4, 0.5) is 10.7 Å². The Balaban J connectivity index is 2.35.